The fourth-order valence-corrected chi connectivity index (χ4v) is 9.54. The number of unbranched alkanes of at least 4 members (excludes halogenated alkanes) is 38. The maximum Gasteiger partial charge on any atom is 0.220 e. The lowest BCUT2D eigenvalue weighted by molar-refractivity contribution is -0.123. The van der Waals surface area contributed by atoms with Crippen LogP contribution in [0.15, 0.2) is 72.9 Å². The van der Waals surface area contributed by atoms with Gasteiger partial charge in [0.15, 0.2) is 0 Å². The first-order valence-corrected chi connectivity index (χ1v) is 31.1. The lowest BCUT2D eigenvalue weighted by atomic mass is 10.0. The third kappa shape index (κ3) is 56.7. The molecule has 0 aromatic rings. The Morgan fingerprint density at radius 1 is 0.357 bits per heavy atom. The number of amides is 1. The van der Waals surface area contributed by atoms with Crippen LogP contribution in [-0.2, 0) is 4.79 Å². The second kappa shape index (κ2) is 61.1. The fourth-order valence-electron chi connectivity index (χ4n) is 9.54. The smallest absolute Gasteiger partial charge is 0.220 e. The topological polar surface area (TPSA) is 69.6 Å². The lowest BCUT2D eigenvalue weighted by Gasteiger charge is -2.22. The number of aliphatic hydroxyl groups excluding tert-OH is 2. The second-order valence-electron chi connectivity index (χ2n) is 21.1. The monoisotopic (exact) mass is 976 g/mol. The van der Waals surface area contributed by atoms with Crippen LogP contribution in [0.1, 0.15) is 322 Å². The van der Waals surface area contributed by atoms with Crippen LogP contribution >= 0.6 is 0 Å². The molecule has 0 aliphatic carbocycles. The van der Waals surface area contributed by atoms with Gasteiger partial charge in [-0.05, 0) is 64.2 Å². The zero-order chi connectivity index (χ0) is 50.6. The average Bonchev–Trinajstić information content (AvgIpc) is 3.36. The van der Waals surface area contributed by atoms with E-state index in [-0.39, 0.29) is 12.5 Å². The highest BCUT2D eigenvalue weighted by Gasteiger charge is 2.20. The minimum atomic E-state index is -0.669. The molecule has 4 heteroatoms. The summed E-state index contributed by atoms with van der Waals surface area (Å²) in [6.45, 7) is 4.27. The number of allylic oxidation sites excluding steroid dienone is 12. The summed E-state index contributed by atoms with van der Waals surface area (Å²) >= 11 is 0. The highest BCUT2D eigenvalue weighted by atomic mass is 16.3. The summed E-state index contributed by atoms with van der Waals surface area (Å²) in [6.07, 6.45) is 87.7. The molecule has 0 spiro atoms. The number of aliphatic hydroxyl groups is 2. The van der Waals surface area contributed by atoms with Crippen molar-refractivity contribution < 1.29 is 15.0 Å². The van der Waals surface area contributed by atoms with Crippen molar-refractivity contribution in [3.05, 3.63) is 72.9 Å². The van der Waals surface area contributed by atoms with Gasteiger partial charge in [-0.25, -0.2) is 0 Å². The van der Waals surface area contributed by atoms with Gasteiger partial charge in [-0.1, -0.05) is 324 Å². The Hall–Kier alpha value is -2.17. The van der Waals surface area contributed by atoms with Crippen LogP contribution in [0.5, 0.6) is 0 Å². The van der Waals surface area contributed by atoms with Crippen molar-refractivity contribution in [1.82, 2.24) is 5.32 Å². The molecule has 4 nitrogen and oxygen atoms in total. The number of hydrogen-bond donors (Lipinski definition) is 3. The van der Waals surface area contributed by atoms with Gasteiger partial charge in [0, 0.05) is 6.42 Å². The van der Waals surface area contributed by atoms with E-state index in [0.717, 1.165) is 64.2 Å². The quantitative estimate of drug-likeness (QED) is 0.0420. The number of nitrogens with one attached hydrogen (secondary N) is 1. The van der Waals surface area contributed by atoms with Crippen molar-refractivity contribution in [2.45, 2.75) is 334 Å². The first-order valence-electron chi connectivity index (χ1n) is 31.1. The summed E-state index contributed by atoms with van der Waals surface area (Å²) in [6, 6.07) is -0.547. The molecule has 0 fully saturated rings. The van der Waals surface area contributed by atoms with Crippen LogP contribution < -0.4 is 5.32 Å². The zero-order valence-electron chi connectivity index (χ0n) is 47.0. The van der Waals surface area contributed by atoms with Crippen molar-refractivity contribution >= 4 is 5.91 Å². The van der Waals surface area contributed by atoms with E-state index < -0.39 is 12.1 Å². The molecule has 3 N–H and O–H groups in total. The van der Waals surface area contributed by atoms with Crippen molar-refractivity contribution in [1.29, 1.82) is 0 Å². The van der Waals surface area contributed by atoms with E-state index in [1.807, 2.05) is 0 Å². The van der Waals surface area contributed by atoms with Crippen LogP contribution in [0.3, 0.4) is 0 Å². The average molecular weight is 977 g/mol. The predicted molar refractivity (Wildman–Crippen MR) is 313 cm³/mol. The van der Waals surface area contributed by atoms with Gasteiger partial charge in [-0.3, -0.25) is 4.79 Å². The first kappa shape index (κ1) is 67.8. The van der Waals surface area contributed by atoms with Gasteiger partial charge in [-0.2, -0.15) is 0 Å². The minimum Gasteiger partial charge on any atom is -0.394 e. The standard InChI is InChI=1S/C66H121NO3/c1-3-5-7-9-11-13-15-17-19-21-23-25-27-29-31-32-33-34-36-37-39-41-43-45-47-49-51-53-55-57-59-61-65(69)64(63-68)67-66(70)62-60-58-56-54-52-50-48-46-44-42-40-38-35-30-28-26-24-22-20-18-16-14-12-10-8-6-4-2/h6,8,12,14,18,20,24,26,30,35,40,42,64-65,68-69H,3-5,7,9-11,13,15-17,19,21-23,25,27-29,31-34,36-39,41,43-63H2,1-2H3,(H,67,70)/b8-6-,14-12-,20-18-,26-24-,35-30-,42-40-. The Bertz CT molecular complexity index is 1200. The Kier molecular flexibility index (Phi) is 59.2. The summed E-state index contributed by atoms with van der Waals surface area (Å²) in [5, 5.41) is 23.4. The molecule has 0 bridgehead atoms. The molecule has 0 saturated carbocycles. The molecule has 0 radical (unpaired) electrons. The highest BCUT2D eigenvalue weighted by Crippen LogP contribution is 2.18. The van der Waals surface area contributed by atoms with Crippen LogP contribution in [0, 0.1) is 0 Å². The SMILES string of the molecule is CC/C=C\C/C=C\C/C=C\C/C=C\C/C=C\C/C=C\CCCCCCCCCCC(=O)NC(CO)C(O)CCCCCCCCCCCCCCCCCCCCCCCCCCCCCCCCC. The van der Waals surface area contributed by atoms with Crippen molar-refractivity contribution in [3.63, 3.8) is 0 Å². The zero-order valence-corrected chi connectivity index (χ0v) is 47.0. The third-order valence-corrected chi connectivity index (χ3v) is 14.2. The van der Waals surface area contributed by atoms with E-state index in [9.17, 15) is 15.0 Å². The van der Waals surface area contributed by atoms with Gasteiger partial charge in [-0.15, -0.1) is 0 Å². The minimum absolute atomic E-state index is 0.0385. The number of carbonyl (C=O) groups excluding carboxylic acids is 1. The Labute approximate surface area is 438 Å². The predicted octanol–water partition coefficient (Wildman–Crippen LogP) is 20.9. The van der Waals surface area contributed by atoms with E-state index in [0.29, 0.717) is 12.8 Å². The van der Waals surface area contributed by atoms with E-state index in [1.165, 1.54) is 231 Å². The largest absolute Gasteiger partial charge is 0.394 e. The van der Waals surface area contributed by atoms with Gasteiger partial charge in [0.05, 0.1) is 18.8 Å². The molecule has 0 aliphatic heterocycles. The fraction of sp³-hybridized carbons (Fsp3) is 0.803. The molecule has 0 heterocycles. The molecule has 0 aromatic carbocycles. The summed E-state index contributed by atoms with van der Waals surface area (Å²) in [5.74, 6) is -0.0385. The number of rotatable bonds is 57. The van der Waals surface area contributed by atoms with Crippen LogP contribution in [0.4, 0.5) is 0 Å². The summed E-state index contributed by atoms with van der Waals surface area (Å²) < 4.78 is 0. The molecule has 408 valence electrons. The molecule has 0 rings (SSSR count). The Morgan fingerprint density at radius 2 is 0.629 bits per heavy atom. The summed E-state index contributed by atoms with van der Waals surface area (Å²) in [5.41, 5.74) is 0. The Morgan fingerprint density at radius 3 is 0.943 bits per heavy atom. The van der Waals surface area contributed by atoms with E-state index in [4.69, 9.17) is 0 Å². The Balaban J connectivity index is 3.47. The van der Waals surface area contributed by atoms with E-state index in [2.05, 4.69) is 92.1 Å². The second-order valence-corrected chi connectivity index (χ2v) is 21.1. The van der Waals surface area contributed by atoms with Gasteiger partial charge in [0.1, 0.15) is 0 Å². The van der Waals surface area contributed by atoms with E-state index >= 15 is 0 Å². The van der Waals surface area contributed by atoms with Gasteiger partial charge < -0.3 is 15.5 Å². The van der Waals surface area contributed by atoms with Crippen molar-refractivity contribution in [3.8, 4) is 0 Å². The molecule has 2 atom stereocenters. The van der Waals surface area contributed by atoms with Gasteiger partial charge in [0.2, 0.25) is 5.91 Å². The molecule has 1 amide bonds. The van der Waals surface area contributed by atoms with Crippen molar-refractivity contribution in [2.24, 2.45) is 0 Å². The maximum absolute atomic E-state index is 12.5. The van der Waals surface area contributed by atoms with Gasteiger partial charge in [0.25, 0.3) is 0 Å². The first-order chi connectivity index (χ1) is 34.7. The molecule has 0 saturated heterocycles. The summed E-state index contributed by atoms with van der Waals surface area (Å²) in [4.78, 5) is 12.5. The maximum atomic E-state index is 12.5. The molecular formula is C66H121NO3. The third-order valence-electron chi connectivity index (χ3n) is 14.2. The highest BCUT2D eigenvalue weighted by molar-refractivity contribution is 5.76. The normalized spacial score (nSPS) is 13.3. The van der Waals surface area contributed by atoms with E-state index in [1.54, 1.807) is 0 Å². The molecular weight excluding hydrogens is 855 g/mol. The molecule has 2 unspecified atom stereocenters. The van der Waals surface area contributed by atoms with Crippen LogP contribution in [0.2, 0.25) is 0 Å². The lowest BCUT2D eigenvalue weighted by Crippen LogP contribution is -2.45. The number of hydrogen-bond acceptors (Lipinski definition) is 3. The molecule has 70 heavy (non-hydrogen) atoms. The number of carbonyl (C=O) groups is 1. The van der Waals surface area contributed by atoms with Crippen LogP contribution in [-0.4, -0.2) is 34.9 Å². The molecule has 0 aromatic heterocycles. The van der Waals surface area contributed by atoms with Gasteiger partial charge >= 0.3 is 0 Å². The van der Waals surface area contributed by atoms with Crippen molar-refractivity contribution in [2.75, 3.05) is 6.61 Å². The molecule has 0 aliphatic rings. The summed E-state index contributed by atoms with van der Waals surface area (Å²) in [7, 11) is 0. The van der Waals surface area contributed by atoms with Crippen LogP contribution in [0.25, 0.3) is 0 Å².